The monoisotopic (exact) mass is 439 g/mol. The van der Waals surface area contributed by atoms with Gasteiger partial charge in [0.15, 0.2) is 11.6 Å². The zero-order chi connectivity index (χ0) is 23.0. The van der Waals surface area contributed by atoms with Crippen LogP contribution in [0.3, 0.4) is 0 Å². The fourth-order valence-electron chi connectivity index (χ4n) is 4.08. The van der Waals surface area contributed by atoms with Gasteiger partial charge in [-0.15, -0.1) is 5.10 Å². The molecule has 0 aromatic carbocycles. The third-order valence-corrected chi connectivity index (χ3v) is 5.47. The molecule has 0 bridgehead atoms. The van der Waals surface area contributed by atoms with Crippen LogP contribution in [-0.4, -0.2) is 50.8 Å². The third kappa shape index (κ3) is 4.57. The van der Waals surface area contributed by atoms with Gasteiger partial charge in [-0.05, 0) is 32.4 Å². The Hall–Kier alpha value is -3.07. The number of alkyl halides is 1. The Morgan fingerprint density at radius 3 is 2.78 bits per heavy atom. The number of nitrogens with one attached hydrogen (secondary N) is 2. The number of rotatable bonds is 6. The lowest BCUT2D eigenvalue weighted by molar-refractivity contribution is -0.114. The summed E-state index contributed by atoms with van der Waals surface area (Å²) >= 11 is 0. The first kappa shape index (κ1) is 22.1. The Morgan fingerprint density at radius 1 is 1.31 bits per heavy atom. The van der Waals surface area contributed by atoms with Crippen LogP contribution in [0.5, 0.6) is 0 Å². The molecule has 0 saturated carbocycles. The zero-order valence-electron chi connectivity index (χ0n) is 19.2. The molecule has 3 aromatic heterocycles. The van der Waals surface area contributed by atoms with Crippen molar-refractivity contribution in [1.82, 2.24) is 25.1 Å². The molecule has 1 amide bonds. The SMILES string of the molecule is CC(=O)Nc1cc2c(cn1)c(N1CCC(NC(C)C)C1)nn2-c1cccc(C(C)(C)F)n1. The van der Waals surface area contributed by atoms with Crippen LogP contribution >= 0.6 is 0 Å². The number of pyridine rings is 2. The molecule has 3 aromatic rings. The summed E-state index contributed by atoms with van der Waals surface area (Å²) in [6.07, 6.45) is 2.75. The quantitative estimate of drug-likeness (QED) is 0.611. The molecule has 1 unspecified atom stereocenters. The minimum atomic E-state index is -1.57. The van der Waals surface area contributed by atoms with Crippen molar-refractivity contribution in [3.63, 3.8) is 0 Å². The van der Waals surface area contributed by atoms with E-state index in [2.05, 4.69) is 39.3 Å². The van der Waals surface area contributed by atoms with Crippen molar-refractivity contribution in [1.29, 1.82) is 0 Å². The highest BCUT2D eigenvalue weighted by Crippen LogP contribution is 2.32. The highest BCUT2D eigenvalue weighted by atomic mass is 19.1. The standard InChI is InChI=1S/C23H30FN7O/c1-14(2)26-16-9-10-30(13-16)22-17-12-25-20(27-15(3)32)11-18(17)31(29-22)21-8-6-7-19(28-21)23(4,5)24/h6-8,11-12,14,16,26H,9-10,13H2,1-5H3,(H,25,27,32). The van der Waals surface area contributed by atoms with Crippen LogP contribution in [0.15, 0.2) is 30.5 Å². The highest BCUT2D eigenvalue weighted by Gasteiger charge is 2.28. The predicted molar refractivity (Wildman–Crippen MR) is 124 cm³/mol. The van der Waals surface area contributed by atoms with Crippen molar-refractivity contribution < 1.29 is 9.18 Å². The summed E-state index contributed by atoms with van der Waals surface area (Å²) in [4.78, 5) is 22.7. The molecule has 9 heteroatoms. The minimum Gasteiger partial charge on any atom is -0.353 e. The highest BCUT2D eigenvalue weighted by molar-refractivity contribution is 5.95. The second kappa shape index (κ2) is 8.46. The smallest absolute Gasteiger partial charge is 0.222 e. The van der Waals surface area contributed by atoms with Crippen molar-refractivity contribution in [2.75, 3.05) is 23.3 Å². The first-order valence-electron chi connectivity index (χ1n) is 11.0. The molecule has 0 radical (unpaired) electrons. The normalized spacial score (nSPS) is 16.8. The summed E-state index contributed by atoms with van der Waals surface area (Å²) in [6, 6.07) is 7.82. The molecule has 2 N–H and O–H groups in total. The summed E-state index contributed by atoms with van der Waals surface area (Å²) in [5, 5.41) is 12.0. The fourth-order valence-corrected chi connectivity index (χ4v) is 4.08. The van der Waals surface area contributed by atoms with Gasteiger partial charge in [-0.1, -0.05) is 19.9 Å². The van der Waals surface area contributed by atoms with Gasteiger partial charge in [0.05, 0.1) is 16.6 Å². The maximum absolute atomic E-state index is 14.6. The van der Waals surface area contributed by atoms with Crippen LogP contribution in [0.25, 0.3) is 16.7 Å². The van der Waals surface area contributed by atoms with E-state index in [1.54, 1.807) is 35.1 Å². The molecule has 1 aliphatic rings. The molecule has 0 aliphatic carbocycles. The Kier molecular flexibility index (Phi) is 5.85. The van der Waals surface area contributed by atoms with Crippen molar-refractivity contribution in [2.24, 2.45) is 0 Å². The van der Waals surface area contributed by atoms with Crippen LogP contribution in [0.4, 0.5) is 16.0 Å². The van der Waals surface area contributed by atoms with Gasteiger partial charge in [-0.3, -0.25) is 4.79 Å². The molecule has 0 spiro atoms. The zero-order valence-corrected chi connectivity index (χ0v) is 19.2. The van der Waals surface area contributed by atoms with Gasteiger partial charge in [-0.25, -0.2) is 19.0 Å². The van der Waals surface area contributed by atoms with E-state index in [0.29, 0.717) is 29.4 Å². The minimum absolute atomic E-state index is 0.204. The summed E-state index contributed by atoms with van der Waals surface area (Å²) < 4.78 is 16.3. The van der Waals surface area contributed by atoms with Crippen LogP contribution in [0, 0.1) is 0 Å². The van der Waals surface area contributed by atoms with Crippen LogP contribution < -0.4 is 15.5 Å². The molecular formula is C23H30FN7O. The molecule has 32 heavy (non-hydrogen) atoms. The average Bonchev–Trinajstić information content (AvgIpc) is 3.30. The van der Waals surface area contributed by atoms with E-state index in [-0.39, 0.29) is 5.91 Å². The number of hydrogen-bond donors (Lipinski definition) is 2. The summed E-state index contributed by atoms with van der Waals surface area (Å²) in [5.41, 5.74) is -0.492. The molecule has 1 aliphatic heterocycles. The Balaban J connectivity index is 1.80. The molecule has 4 rings (SSSR count). The van der Waals surface area contributed by atoms with E-state index in [1.165, 1.54) is 20.8 Å². The van der Waals surface area contributed by atoms with Crippen molar-refractivity contribution in [3.8, 4) is 5.82 Å². The lowest BCUT2D eigenvalue weighted by Crippen LogP contribution is -2.37. The van der Waals surface area contributed by atoms with E-state index in [1.807, 2.05) is 0 Å². The first-order chi connectivity index (χ1) is 15.1. The fraction of sp³-hybridized carbons (Fsp3) is 0.478. The topological polar surface area (TPSA) is 88.0 Å². The molecule has 1 saturated heterocycles. The number of carbonyl (C=O) groups is 1. The van der Waals surface area contributed by atoms with Crippen LogP contribution in [0.2, 0.25) is 0 Å². The Bertz CT molecular complexity index is 1140. The number of carbonyl (C=O) groups excluding carboxylic acids is 1. The second-order valence-corrected chi connectivity index (χ2v) is 9.11. The van der Waals surface area contributed by atoms with Gasteiger partial charge < -0.3 is 15.5 Å². The number of anilines is 2. The van der Waals surface area contributed by atoms with Gasteiger partial charge in [0, 0.05) is 44.4 Å². The Morgan fingerprint density at radius 2 is 2.09 bits per heavy atom. The van der Waals surface area contributed by atoms with Crippen molar-refractivity contribution in [3.05, 3.63) is 36.2 Å². The lowest BCUT2D eigenvalue weighted by atomic mass is 10.1. The van der Waals surface area contributed by atoms with Crippen molar-refractivity contribution >= 4 is 28.4 Å². The van der Waals surface area contributed by atoms with Gasteiger partial charge >= 0.3 is 0 Å². The van der Waals surface area contributed by atoms with Crippen molar-refractivity contribution in [2.45, 2.75) is 58.8 Å². The molecule has 170 valence electrons. The summed E-state index contributed by atoms with van der Waals surface area (Å²) in [5.74, 6) is 1.55. The first-order valence-corrected chi connectivity index (χ1v) is 11.0. The van der Waals surface area contributed by atoms with Gasteiger partial charge in [-0.2, -0.15) is 0 Å². The number of hydrogen-bond acceptors (Lipinski definition) is 6. The van der Waals surface area contributed by atoms with E-state index in [4.69, 9.17) is 5.10 Å². The summed E-state index contributed by atoms with van der Waals surface area (Å²) in [7, 11) is 0. The number of aromatic nitrogens is 4. The maximum Gasteiger partial charge on any atom is 0.222 e. The lowest BCUT2D eigenvalue weighted by Gasteiger charge is -2.18. The Labute approximate surface area is 187 Å². The maximum atomic E-state index is 14.6. The average molecular weight is 440 g/mol. The largest absolute Gasteiger partial charge is 0.353 e. The summed E-state index contributed by atoms with van der Waals surface area (Å²) in [6.45, 7) is 10.4. The predicted octanol–water partition coefficient (Wildman–Crippen LogP) is 3.56. The number of halogens is 1. The molecular weight excluding hydrogens is 409 g/mol. The second-order valence-electron chi connectivity index (χ2n) is 9.11. The van der Waals surface area contributed by atoms with Gasteiger partial charge in [0.1, 0.15) is 11.5 Å². The number of fused-ring (bicyclic) bond motifs is 1. The molecule has 1 fully saturated rings. The molecule has 4 heterocycles. The van der Waals surface area contributed by atoms with Gasteiger partial charge in [0.25, 0.3) is 0 Å². The molecule has 8 nitrogen and oxygen atoms in total. The third-order valence-electron chi connectivity index (χ3n) is 5.47. The van der Waals surface area contributed by atoms with E-state index in [9.17, 15) is 9.18 Å². The number of amides is 1. The van der Waals surface area contributed by atoms with E-state index < -0.39 is 5.67 Å². The number of nitrogens with zero attached hydrogens (tertiary/aromatic N) is 5. The van der Waals surface area contributed by atoms with E-state index >= 15 is 0 Å². The van der Waals surface area contributed by atoms with Crippen LogP contribution in [-0.2, 0) is 10.5 Å². The van der Waals surface area contributed by atoms with Gasteiger partial charge in [0.2, 0.25) is 5.91 Å². The molecule has 1 atom stereocenters. The van der Waals surface area contributed by atoms with E-state index in [0.717, 1.165) is 36.2 Å². The van der Waals surface area contributed by atoms with Crippen LogP contribution in [0.1, 0.15) is 46.7 Å².